The lowest BCUT2D eigenvalue weighted by atomic mass is 10.0. The summed E-state index contributed by atoms with van der Waals surface area (Å²) in [6.45, 7) is 2.93. The Kier molecular flexibility index (Phi) is 6.30. The Morgan fingerprint density at radius 3 is 3.10 bits per heavy atom. The molecule has 2 rings (SSSR count). The number of aliphatic imine (C=N–C) groups is 1. The lowest BCUT2D eigenvalue weighted by Crippen LogP contribution is -2.37. The second-order valence-electron chi connectivity index (χ2n) is 4.74. The van der Waals surface area contributed by atoms with E-state index < -0.39 is 0 Å². The quantitative estimate of drug-likeness (QED) is 0.447. The van der Waals surface area contributed by atoms with Crippen LogP contribution in [0.3, 0.4) is 0 Å². The summed E-state index contributed by atoms with van der Waals surface area (Å²) in [4.78, 5) is 4.27. The molecule has 0 fully saturated rings. The van der Waals surface area contributed by atoms with Crippen molar-refractivity contribution in [3.8, 4) is 5.75 Å². The number of rotatable bonds is 7. The second-order valence-corrected chi connectivity index (χ2v) is 4.74. The summed E-state index contributed by atoms with van der Waals surface area (Å²) in [6.07, 6.45) is 0.873. The molecular formula is C15H23N3O3. The van der Waals surface area contributed by atoms with Crippen molar-refractivity contribution in [2.45, 2.75) is 12.5 Å². The van der Waals surface area contributed by atoms with Crippen molar-refractivity contribution in [1.29, 1.82) is 0 Å². The van der Waals surface area contributed by atoms with Gasteiger partial charge in [0.25, 0.3) is 0 Å². The largest absolute Gasteiger partial charge is 0.493 e. The molecule has 6 nitrogen and oxygen atoms in total. The van der Waals surface area contributed by atoms with Crippen molar-refractivity contribution < 1.29 is 14.2 Å². The van der Waals surface area contributed by atoms with E-state index in [0.717, 1.165) is 17.7 Å². The van der Waals surface area contributed by atoms with Gasteiger partial charge in [-0.15, -0.1) is 0 Å². The van der Waals surface area contributed by atoms with E-state index >= 15 is 0 Å². The molecule has 0 radical (unpaired) electrons. The third-order valence-corrected chi connectivity index (χ3v) is 3.23. The summed E-state index contributed by atoms with van der Waals surface area (Å²) in [5, 5.41) is 3.24. The fraction of sp³-hybridized carbons (Fsp3) is 0.533. The van der Waals surface area contributed by atoms with Crippen molar-refractivity contribution >= 4 is 5.96 Å². The number of nitrogens with two attached hydrogens (primary N) is 1. The van der Waals surface area contributed by atoms with E-state index in [2.05, 4.69) is 10.3 Å². The van der Waals surface area contributed by atoms with Gasteiger partial charge in [0.2, 0.25) is 0 Å². The standard InChI is InChI=1S/C15H23N3O3/c1-19-10-11-20-9-7-17-15(16)18-13-6-8-21-14-5-3-2-4-12(13)14/h2-5,13H,6-11H2,1H3,(H3,16,17,18). The molecule has 1 aromatic rings. The molecule has 0 spiro atoms. The van der Waals surface area contributed by atoms with E-state index in [1.54, 1.807) is 7.11 Å². The van der Waals surface area contributed by atoms with Gasteiger partial charge in [-0.2, -0.15) is 0 Å². The van der Waals surface area contributed by atoms with Crippen molar-refractivity contribution in [1.82, 2.24) is 5.32 Å². The molecule has 0 aliphatic carbocycles. The molecule has 1 heterocycles. The average molecular weight is 293 g/mol. The molecule has 1 aliphatic rings. The molecule has 1 unspecified atom stereocenters. The topological polar surface area (TPSA) is 78.1 Å². The predicted octanol–water partition coefficient (Wildman–Crippen LogP) is 1.08. The van der Waals surface area contributed by atoms with Crippen LogP contribution in [0, 0.1) is 0 Å². The normalized spacial score (nSPS) is 18.0. The van der Waals surface area contributed by atoms with E-state index in [4.69, 9.17) is 19.9 Å². The minimum Gasteiger partial charge on any atom is -0.493 e. The first-order valence-electron chi connectivity index (χ1n) is 7.16. The number of ether oxygens (including phenoxy) is 3. The lowest BCUT2D eigenvalue weighted by molar-refractivity contribution is 0.0748. The molecule has 0 saturated carbocycles. The zero-order valence-corrected chi connectivity index (χ0v) is 12.4. The van der Waals surface area contributed by atoms with E-state index in [1.807, 2.05) is 24.3 Å². The highest BCUT2D eigenvalue weighted by Crippen LogP contribution is 2.31. The van der Waals surface area contributed by atoms with Crippen molar-refractivity contribution in [2.75, 3.05) is 40.1 Å². The zero-order valence-electron chi connectivity index (χ0n) is 12.4. The van der Waals surface area contributed by atoms with E-state index in [1.165, 1.54) is 0 Å². The van der Waals surface area contributed by atoms with Gasteiger partial charge in [0.05, 0.1) is 39.0 Å². The summed E-state index contributed by atoms with van der Waals surface area (Å²) in [7, 11) is 1.65. The first-order valence-corrected chi connectivity index (χ1v) is 7.16. The van der Waals surface area contributed by atoms with Gasteiger partial charge < -0.3 is 25.3 Å². The number of hydrogen-bond acceptors (Lipinski definition) is 4. The Morgan fingerprint density at radius 1 is 1.38 bits per heavy atom. The van der Waals surface area contributed by atoms with Gasteiger partial charge in [0, 0.05) is 19.1 Å². The lowest BCUT2D eigenvalue weighted by Gasteiger charge is -2.26. The first kappa shape index (κ1) is 15.6. The molecule has 1 aromatic carbocycles. The van der Waals surface area contributed by atoms with Crippen LogP contribution in [0.5, 0.6) is 5.75 Å². The maximum Gasteiger partial charge on any atom is 0.189 e. The minimum absolute atomic E-state index is 0.146. The number of guanidine groups is 1. The molecule has 21 heavy (non-hydrogen) atoms. The van der Waals surface area contributed by atoms with Crippen molar-refractivity contribution in [2.24, 2.45) is 10.7 Å². The molecule has 116 valence electrons. The summed E-state index contributed by atoms with van der Waals surface area (Å²) >= 11 is 0. The van der Waals surface area contributed by atoms with E-state index in [9.17, 15) is 0 Å². The van der Waals surface area contributed by atoms with Gasteiger partial charge in [-0.3, -0.25) is 4.99 Å². The SMILES string of the molecule is COCCOCCN=C(N)NC1CCOc2ccccc21. The maximum atomic E-state index is 5.92. The second kappa shape index (κ2) is 8.49. The van der Waals surface area contributed by atoms with E-state index in [-0.39, 0.29) is 6.04 Å². The molecule has 3 N–H and O–H groups in total. The molecule has 0 amide bonds. The number of methoxy groups -OCH3 is 1. The van der Waals surface area contributed by atoms with Crippen molar-refractivity contribution in [3.05, 3.63) is 29.8 Å². The molecule has 0 saturated heterocycles. The Balaban J connectivity index is 1.79. The number of hydrogen-bond donors (Lipinski definition) is 2. The van der Waals surface area contributed by atoms with Crippen LogP contribution >= 0.6 is 0 Å². The van der Waals surface area contributed by atoms with Gasteiger partial charge in [-0.25, -0.2) is 0 Å². The number of fused-ring (bicyclic) bond motifs is 1. The smallest absolute Gasteiger partial charge is 0.189 e. The molecule has 0 bridgehead atoms. The van der Waals surface area contributed by atoms with Gasteiger partial charge in [0.1, 0.15) is 5.75 Å². The first-order chi connectivity index (χ1) is 10.3. The molecule has 1 atom stereocenters. The molecule has 0 aromatic heterocycles. The highest BCUT2D eigenvalue weighted by atomic mass is 16.5. The van der Waals surface area contributed by atoms with Crippen LogP contribution in [0.1, 0.15) is 18.0 Å². The van der Waals surface area contributed by atoms with Crippen LogP contribution in [0.4, 0.5) is 0 Å². The van der Waals surface area contributed by atoms with Gasteiger partial charge in [-0.1, -0.05) is 18.2 Å². The summed E-state index contributed by atoms with van der Waals surface area (Å²) < 4.78 is 15.8. The van der Waals surface area contributed by atoms with E-state index in [0.29, 0.717) is 38.9 Å². The molecule has 6 heteroatoms. The van der Waals surface area contributed by atoms with Crippen molar-refractivity contribution in [3.63, 3.8) is 0 Å². The monoisotopic (exact) mass is 293 g/mol. The highest BCUT2D eigenvalue weighted by Gasteiger charge is 2.20. The Hall–Kier alpha value is -1.79. The van der Waals surface area contributed by atoms with Crippen LogP contribution in [-0.4, -0.2) is 46.0 Å². The molecular weight excluding hydrogens is 270 g/mol. The average Bonchev–Trinajstić information content (AvgIpc) is 2.51. The maximum absolute atomic E-state index is 5.92. The number of benzene rings is 1. The predicted molar refractivity (Wildman–Crippen MR) is 81.6 cm³/mol. The number of para-hydroxylation sites is 1. The van der Waals surface area contributed by atoms with Gasteiger partial charge >= 0.3 is 0 Å². The molecule has 1 aliphatic heterocycles. The third-order valence-electron chi connectivity index (χ3n) is 3.23. The van der Waals surface area contributed by atoms with Crippen LogP contribution in [0.15, 0.2) is 29.3 Å². The summed E-state index contributed by atoms with van der Waals surface area (Å²) in [6, 6.07) is 8.14. The Morgan fingerprint density at radius 2 is 2.24 bits per heavy atom. The Labute approximate surface area is 125 Å². The number of nitrogens with zero attached hydrogens (tertiary/aromatic N) is 1. The third kappa shape index (κ3) is 4.91. The van der Waals surface area contributed by atoms with Crippen LogP contribution in [0.25, 0.3) is 0 Å². The van der Waals surface area contributed by atoms with Crippen LogP contribution in [-0.2, 0) is 9.47 Å². The Bertz CT molecular complexity index is 465. The minimum atomic E-state index is 0.146. The summed E-state index contributed by atoms with van der Waals surface area (Å²) in [5.74, 6) is 1.35. The fourth-order valence-electron chi connectivity index (χ4n) is 2.19. The highest BCUT2D eigenvalue weighted by molar-refractivity contribution is 5.78. The van der Waals surface area contributed by atoms with Gasteiger partial charge in [0.15, 0.2) is 5.96 Å². The van der Waals surface area contributed by atoms with Gasteiger partial charge in [-0.05, 0) is 6.07 Å². The summed E-state index contributed by atoms with van der Waals surface area (Å²) in [5.41, 5.74) is 7.04. The van der Waals surface area contributed by atoms with Crippen LogP contribution < -0.4 is 15.8 Å². The zero-order chi connectivity index (χ0) is 14.9. The fourth-order valence-corrected chi connectivity index (χ4v) is 2.19. The number of nitrogens with one attached hydrogen (secondary N) is 1. The van der Waals surface area contributed by atoms with Crippen LogP contribution in [0.2, 0.25) is 0 Å².